The molecule has 28 heavy (non-hydrogen) atoms. The number of piperazine rings is 1. The van der Waals surface area contributed by atoms with Crippen molar-refractivity contribution in [2.45, 2.75) is 17.9 Å². The molecule has 9 heteroatoms. The highest BCUT2D eigenvalue weighted by molar-refractivity contribution is 7.92. The first-order chi connectivity index (χ1) is 12.9. The predicted octanol–water partition coefficient (Wildman–Crippen LogP) is 2.35. The second-order valence-electron chi connectivity index (χ2n) is 6.41. The van der Waals surface area contributed by atoms with Crippen LogP contribution in [-0.2, 0) is 10.0 Å². The van der Waals surface area contributed by atoms with Gasteiger partial charge in [0.25, 0.3) is 15.9 Å². The maximum absolute atomic E-state index is 12.8. The largest absolute Gasteiger partial charge is 0.497 e. The van der Waals surface area contributed by atoms with Crippen molar-refractivity contribution in [2.24, 2.45) is 0 Å². The molecule has 2 N–H and O–H groups in total. The van der Waals surface area contributed by atoms with Gasteiger partial charge in [0.1, 0.15) is 5.75 Å². The van der Waals surface area contributed by atoms with Crippen LogP contribution in [0.5, 0.6) is 5.75 Å². The van der Waals surface area contributed by atoms with Crippen molar-refractivity contribution in [1.82, 2.24) is 10.2 Å². The lowest BCUT2D eigenvalue weighted by atomic mass is 10.1. The number of rotatable bonds is 5. The van der Waals surface area contributed by atoms with Crippen LogP contribution in [0.15, 0.2) is 53.4 Å². The number of methoxy groups -OCH3 is 1. The molecule has 0 saturated carbocycles. The molecule has 0 bridgehead atoms. The highest BCUT2D eigenvalue weighted by Gasteiger charge is 2.25. The number of nitrogens with zero attached hydrogens (tertiary/aromatic N) is 1. The maximum Gasteiger partial charge on any atom is 0.261 e. The van der Waals surface area contributed by atoms with Gasteiger partial charge in [-0.25, -0.2) is 8.42 Å². The molecule has 0 aromatic heterocycles. The Labute approximate surface area is 171 Å². The van der Waals surface area contributed by atoms with Crippen LogP contribution in [0.1, 0.15) is 17.3 Å². The van der Waals surface area contributed by atoms with Crippen molar-refractivity contribution >= 4 is 34.0 Å². The molecule has 152 valence electrons. The second kappa shape index (κ2) is 9.27. The lowest BCUT2D eigenvalue weighted by Gasteiger charge is -2.34. The molecule has 1 aliphatic rings. The van der Waals surface area contributed by atoms with E-state index in [4.69, 9.17) is 4.74 Å². The predicted molar refractivity (Wildman–Crippen MR) is 111 cm³/mol. The molecule has 1 aliphatic heterocycles. The molecule has 0 aliphatic carbocycles. The summed E-state index contributed by atoms with van der Waals surface area (Å²) in [6, 6.07) is 12.8. The van der Waals surface area contributed by atoms with E-state index in [0.717, 1.165) is 13.1 Å². The third-order valence-electron chi connectivity index (χ3n) is 4.50. The van der Waals surface area contributed by atoms with Crippen LogP contribution < -0.4 is 14.8 Å². The minimum atomic E-state index is -3.81. The Hall–Kier alpha value is -2.29. The molecule has 3 rings (SSSR count). The number of halogens is 1. The number of benzene rings is 2. The zero-order valence-electron chi connectivity index (χ0n) is 15.7. The molecule has 1 atom stereocenters. The Balaban J connectivity index is 0.00000280. The summed E-state index contributed by atoms with van der Waals surface area (Å²) < 4.78 is 33.0. The van der Waals surface area contributed by atoms with Crippen LogP contribution in [0.25, 0.3) is 0 Å². The average molecular weight is 426 g/mol. The van der Waals surface area contributed by atoms with Crippen molar-refractivity contribution in [3.05, 3.63) is 54.1 Å². The molecular formula is C19H24ClN3O4S. The number of nitrogens with one attached hydrogen (secondary N) is 2. The smallest absolute Gasteiger partial charge is 0.261 e. The van der Waals surface area contributed by atoms with Crippen LogP contribution >= 0.6 is 12.4 Å². The Morgan fingerprint density at radius 2 is 1.93 bits per heavy atom. The number of sulfonamides is 1. The number of hydrogen-bond acceptors (Lipinski definition) is 5. The van der Waals surface area contributed by atoms with Crippen LogP contribution in [0, 0.1) is 0 Å². The van der Waals surface area contributed by atoms with Gasteiger partial charge in [-0.05, 0) is 49.4 Å². The van der Waals surface area contributed by atoms with E-state index in [1.807, 2.05) is 6.92 Å². The van der Waals surface area contributed by atoms with Gasteiger partial charge in [0.05, 0.1) is 12.0 Å². The van der Waals surface area contributed by atoms with Gasteiger partial charge < -0.3 is 15.0 Å². The molecule has 1 heterocycles. The van der Waals surface area contributed by atoms with Crippen LogP contribution in [0.3, 0.4) is 0 Å². The van der Waals surface area contributed by atoms with Gasteiger partial charge in [0.2, 0.25) is 0 Å². The molecule has 2 aromatic carbocycles. The molecule has 0 spiro atoms. The van der Waals surface area contributed by atoms with E-state index in [-0.39, 0.29) is 29.3 Å². The Bertz CT molecular complexity index is 919. The fraction of sp³-hybridized carbons (Fsp3) is 0.316. The summed E-state index contributed by atoms with van der Waals surface area (Å²) in [7, 11) is -2.26. The molecule has 2 aromatic rings. The SMILES string of the molecule is COc1ccc(NS(=O)(=O)c2cccc(C(=O)N3CCNC[C@H]3C)c2)cc1.Cl. The van der Waals surface area contributed by atoms with Crippen LogP contribution in [-0.4, -0.2) is 52.0 Å². The zero-order chi connectivity index (χ0) is 19.4. The van der Waals surface area contributed by atoms with Gasteiger partial charge in [0.15, 0.2) is 0 Å². The fourth-order valence-corrected chi connectivity index (χ4v) is 4.08. The van der Waals surface area contributed by atoms with Crippen LogP contribution in [0.4, 0.5) is 5.69 Å². The summed E-state index contributed by atoms with van der Waals surface area (Å²) in [5, 5.41) is 3.23. The molecule has 0 unspecified atom stereocenters. The third-order valence-corrected chi connectivity index (χ3v) is 5.87. The van der Waals surface area contributed by atoms with Gasteiger partial charge in [-0.3, -0.25) is 9.52 Å². The van der Waals surface area contributed by atoms with Crippen molar-refractivity contribution in [1.29, 1.82) is 0 Å². The summed E-state index contributed by atoms with van der Waals surface area (Å²) in [4.78, 5) is 14.6. The topological polar surface area (TPSA) is 87.7 Å². The van der Waals surface area contributed by atoms with E-state index in [9.17, 15) is 13.2 Å². The number of carbonyl (C=O) groups excluding carboxylic acids is 1. The first-order valence-electron chi connectivity index (χ1n) is 8.69. The maximum atomic E-state index is 12.8. The summed E-state index contributed by atoms with van der Waals surface area (Å²) in [6.07, 6.45) is 0. The van der Waals surface area contributed by atoms with Gasteiger partial charge in [-0.1, -0.05) is 6.07 Å². The van der Waals surface area contributed by atoms with E-state index >= 15 is 0 Å². The van der Waals surface area contributed by atoms with Crippen molar-refractivity contribution in [3.8, 4) is 5.75 Å². The van der Waals surface area contributed by atoms with E-state index in [1.54, 1.807) is 48.4 Å². The van der Waals surface area contributed by atoms with Gasteiger partial charge in [-0.15, -0.1) is 12.4 Å². The van der Waals surface area contributed by atoms with E-state index in [0.29, 0.717) is 23.5 Å². The fourth-order valence-electron chi connectivity index (χ4n) is 2.98. The minimum Gasteiger partial charge on any atom is -0.497 e. The van der Waals surface area contributed by atoms with E-state index < -0.39 is 10.0 Å². The number of amides is 1. The summed E-state index contributed by atoms with van der Waals surface area (Å²) >= 11 is 0. The zero-order valence-corrected chi connectivity index (χ0v) is 17.3. The Morgan fingerprint density at radius 1 is 1.21 bits per heavy atom. The molecule has 1 fully saturated rings. The second-order valence-corrected chi connectivity index (χ2v) is 8.10. The quantitative estimate of drug-likeness (QED) is 0.767. The third kappa shape index (κ3) is 4.95. The van der Waals surface area contributed by atoms with Gasteiger partial charge in [0, 0.05) is 36.9 Å². The first-order valence-corrected chi connectivity index (χ1v) is 10.2. The highest BCUT2D eigenvalue weighted by Crippen LogP contribution is 2.21. The number of ether oxygens (including phenoxy) is 1. The van der Waals surface area contributed by atoms with Crippen molar-refractivity contribution in [2.75, 3.05) is 31.5 Å². The van der Waals surface area contributed by atoms with Crippen molar-refractivity contribution < 1.29 is 17.9 Å². The molecule has 7 nitrogen and oxygen atoms in total. The Morgan fingerprint density at radius 3 is 2.57 bits per heavy atom. The molecule has 1 saturated heterocycles. The number of carbonyl (C=O) groups is 1. The van der Waals surface area contributed by atoms with Gasteiger partial charge in [-0.2, -0.15) is 0 Å². The monoisotopic (exact) mass is 425 g/mol. The standard InChI is InChI=1S/C19H23N3O4S.ClH/c1-14-13-20-10-11-22(14)19(23)15-4-3-5-18(12-15)27(24,25)21-16-6-8-17(26-2)9-7-16;/h3-9,12,14,20-21H,10-11,13H2,1-2H3;1H/t14-;/m1./s1. The Kier molecular flexibility index (Phi) is 7.29. The first kappa shape index (κ1) is 22.0. The van der Waals surface area contributed by atoms with Gasteiger partial charge >= 0.3 is 0 Å². The number of hydrogen-bond donors (Lipinski definition) is 2. The van der Waals surface area contributed by atoms with Crippen LogP contribution in [0.2, 0.25) is 0 Å². The highest BCUT2D eigenvalue weighted by atomic mass is 35.5. The molecule has 1 amide bonds. The summed E-state index contributed by atoms with van der Waals surface area (Å²) in [5.74, 6) is 0.473. The van der Waals surface area contributed by atoms with E-state index in [1.165, 1.54) is 12.1 Å². The number of anilines is 1. The minimum absolute atomic E-state index is 0. The summed E-state index contributed by atoms with van der Waals surface area (Å²) in [5.41, 5.74) is 0.782. The van der Waals surface area contributed by atoms with Crippen molar-refractivity contribution in [3.63, 3.8) is 0 Å². The lowest BCUT2D eigenvalue weighted by molar-refractivity contribution is 0.0655. The lowest BCUT2D eigenvalue weighted by Crippen LogP contribution is -2.52. The molecular weight excluding hydrogens is 402 g/mol. The normalized spacial score (nSPS) is 16.8. The van der Waals surface area contributed by atoms with E-state index in [2.05, 4.69) is 10.0 Å². The average Bonchev–Trinajstić information content (AvgIpc) is 2.68. The molecule has 0 radical (unpaired) electrons. The summed E-state index contributed by atoms with van der Waals surface area (Å²) in [6.45, 7) is 4.02.